The van der Waals surface area contributed by atoms with E-state index in [1.165, 1.54) is 13.0 Å². The lowest BCUT2D eigenvalue weighted by atomic mass is 10.0. The molecule has 0 radical (unpaired) electrons. The van der Waals surface area contributed by atoms with Crippen LogP contribution >= 0.6 is 0 Å². The quantitative estimate of drug-likeness (QED) is 0.809. The first-order chi connectivity index (χ1) is 6.80. The largest absolute Gasteiger partial charge is 0.416 e. The minimum absolute atomic E-state index is 0.205. The van der Waals surface area contributed by atoms with Crippen molar-refractivity contribution in [2.24, 2.45) is 0 Å². The standard InChI is InChI=1S/C11H13F3O/c1-7-3-4-9(5-8(2)15)6-10(7)11(12,13)14/h3-4,6,8,15H,5H2,1-2H3/t8-/m0/s1. The molecule has 0 fully saturated rings. The summed E-state index contributed by atoms with van der Waals surface area (Å²) in [4.78, 5) is 0. The first-order valence-corrected chi connectivity index (χ1v) is 4.65. The number of aliphatic hydroxyl groups is 1. The summed E-state index contributed by atoms with van der Waals surface area (Å²) in [6, 6.07) is 4.14. The number of alkyl halides is 3. The van der Waals surface area contributed by atoms with Crippen molar-refractivity contribution in [3.63, 3.8) is 0 Å². The number of aliphatic hydroxyl groups excluding tert-OH is 1. The summed E-state index contributed by atoms with van der Waals surface area (Å²) in [7, 11) is 0. The third kappa shape index (κ3) is 3.23. The average molecular weight is 218 g/mol. The Kier molecular flexibility index (Phi) is 3.39. The molecule has 1 atom stereocenters. The normalized spacial score (nSPS) is 14.0. The summed E-state index contributed by atoms with van der Waals surface area (Å²) < 4.78 is 37.5. The Labute approximate surface area is 86.5 Å². The van der Waals surface area contributed by atoms with Crippen LogP contribution < -0.4 is 0 Å². The monoisotopic (exact) mass is 218 g/mol. The van der Waals surface area contributed by atoms with Gasteiger partial charge in [0, 0.05) is 0 Å². The minimum Gasteiger partial charge on any atom is -0.393 e. The van der Waals surface area contributed by atoms with Crippen LogP contribution in [0.25, 0.3) is 0 Å². The molecular formula is C11H13F3O. The summed E-state index contributed by atoms with van der Waals surface area (Å²) in [6.07, 6.45) is -4.71. The molecule has 4 heteroatoms. The van der Waals surface area contributed by atoms with E-state index in [4.69, 9.17) is 5.11 Å². The molecule has 1 rings (SSSR count). The van der Waals surface area contributed by atoms with Gasteiger partial charge in [0.05, 0.1) is 11.7 Å². The second kappa shape index (κ2) is 4.23. The highest BCUT2D eigenvalue weighted by Crippen LogP contribution is 2.32. The van der Waals surface area contributed by atoms with E-state index in [1.807, 2.05) is 0 Å². The predicted molar refractivity (Wildman–Crippen MR) is 51.6 cm³/mol. The first-order valence-electron chi connectivity index (χ1n) is 4.65. The molecular weight excluding hydrogens is 205 g/mol. The molecule has 0 aliphatic rings. The molecule has 1 nitrogen and oxygen atoms in total. The van der Waals surface area contributed by atoms with E-state index in [1.54, 1.807) is 13.0 Å². The Morgan fingerprint density at radius 3 is 2.40 bits per heavy atom. The van der Waals surface area contributed by atoms with Gasteiger partial charge in [-0.3, -0.25) is 0 Å². The first kappa shape index (κ1) is 12.0. The summed E-state index contributed by atoms with van der Waals surface area (Å²) in [5, 5.41) is 9.09. The molecule has 0 aliphatic heterocycles. The summed E-state index contributed by atoms with van der Waals surface area (Å²) >= 11 is 0. The molecule has 84 valence electrons. The van der Waals surface area contributed by atoms with Crippen LogP contribution in [0.15, 0.2) is 18.2 Å². The molecule has 0 unspecified atom stereocenters. The molecule has 0 aliphatic carbocycles. The highest BCUT2D eigenvalue weighted by molar-refractivity contribution is 5.33. The van der Waals surface area contributed by atoms with Gasteiger partial charge in [0.2, 0.25) is 0 Å². The zero-order chi connectivity index (χ0) is 11.6. The van der Waals surface area contributed by atoms with E-state index >= 15 is 0 Å². The highest BCUT2D eigenvalue weighted by Gasteiger charge is 2.32. The van der Waals surface area contributed by atoms with Crippen molar-refractivity contribution in [2.75, 3.05) is 0 Å². The van der Waals surface area contributed by atoms with Crippen molar-refractivity contribution in [2.45, 2.75) is 32.5 Å². The van der Waals surface area contributed by atoms with Crippen LogP contribution in [-0.2, 0) is 12.6 Å². The number of benzene rings is 1. The number of rotatable bonds is 2. The lowest BCUT2D eigenvalue weighted by Gasteiger charge is -2.12. The van der Waals surface area contributed by atoms with Gasteiger partial charge >= 0.3 is 6.18 Å². The van der Waals surface area contributed by atoms with Crippen LogP contribution in [0.2, 0.25) is 0 Å². The Morgan fingerprint density at radius 1 is 1.33 bits per heavy atom. The van der Waals surface area contributed by atoms with E-state index in [0.717, 1.165) is 6.07 Å². The van der Waals surface area contributed by atoms with Crippen LogP contribution in [0, 0.1) is 6.92 Å². The fourth-order valence-electron chi connectivity index (χ4n) is 1.44. The number of hydrogen-bond acceptors (Lipinski definition) is 1. The van der Waals surface area contributed by atoms with Gasteiger partial charge in [-0.05, 0) is 37.5 Å². The van der Waals surface area contributed by atoms with Gasteiger partial charge in [0.25, 0.3) is 0 Å². The molecule has 0 aromatic heterocycles. The van der Waals surface area contributed by atoms with E-state index in [-0.39, 0.29) is 12.0 Å². The van der Waals surface area contributed by atoms with Gasteiger partial charge in [0.1, 0.15) is 0 Å². The van der Waals surface area contributed by atoms with Gasteiger partial charge in [-0.15, -0.1) is 0 Å². The maximum absolute atomic E-state index is 12.5. The average Bonchev–Trinajstić information content (AvgIpc) is 2.05. The zero-order valence-corrected chi connectivity index (χ0v) is 8.60. The molecule has 1 aromatic carbocycles. The Morgan fingerprint density at radius 2 is 1.93 bits per heavy atom. The molecule has 15 heavy (non-hydrogen) atoms. The molecule has 0 bridgehead atoms. The van der Waals surface area contributed by atoms with Crippen molar-refractivity contribution < 1.29 is 18.3 Å². The van der Waals surface area contributed by atoms with E-state index in [2.05, 4.69) is 0 Å². The van der Waals surface area contributed by atoms with Gasteiger partial charge in [0.15, 0.2) is 0 Å². The molecule has 0 heterocycles. The van der Waals surface area contributed by atoms with E-state index in [9.17, 15) is 13.2 Å². The maximum Gasteiger partial charge on any atom is 0.416 e. The maximum atomic E-state index is 12.5. The van der Waals surface area contributed by atoms with Gasteiger partial charge in [-0.25, -0.2) is 0 Å². The Balaban J connectivity index is 3.06. The summed E-state index contributed by atoms with van der Waals surface area (Å²) in [6.45, 7) is 2.97. The van der Waals surface area contributed by atoms with Crippen molar-refractivity contribution >= 4 is 0 Å². The predicted octanol–water partition coefficient (Wildman–Crippen LogP) is 2.94. The second-order valence-corrected chi connectivity index (χ2v) is 3.70. The second-order valence-electron chi connectivity index (χ2n) is 3.70. The van der Waals surface area contributed by atoms with Crippen molar-refractivity contribution in [3.05, 3.63) is 34.9 Å². The van der Waals surface area contributed by atoms with Gasteiger partial charge in [-0.2, -0.15) is 13.2 Å². The van der Waals surface area contributed by atoms with Crippen molar-refractivity contribution in [1.29, 1.82) is 0 Å². The van der Waals surface area contributed by atoms with E-state index < -0.39 is 17.8 Å². The van der Waals surface area contributed by atoms with Gasteiger partial charge in [-0.1, -0.05) is 12.1 Å². The highest BCUT2D eigenvalue weighted by atomic mass is 19.4. The molecule has 0 spiro atoms. The molecule has 1 N–H and O–H groups in total. The van der Waals surface area contributed by atoms with Crippen LogP contribution in [0.1, 0.15) is 23.6 Å². The van der Waals surface area contributed by atoms with Crippen LogP contribution in [0.5, 0.6) is 0 Å². The van der Waals surface area contributed by atoms with Crippen LogP contribution in [0.3, 0.4) is 0 Å². The number of hydrogen-bond donors (Lipinski definition) is 1. The third-order valence-corrected chi connectivity index (χ3v) is 2.14. The van der Waals surface area contributed by atoms with Crippen molar-refractivity contribution in [3.8, 4) is 0 Å². The lowest BCUT2D eigenvalue weighted by molar-refractivity contribution is -0.138. The molecule has 1 aromatic rings. The Hall–Kier alpha value is -1.03. The Bertz CT molecular complexity index is 342. The smallest absolute Gasteiger partial charge is 0.393 e. The topological polar surface area (TPSA) is 20.2 Å². The SMILES string of the molecule is Cc1ccc(C[C@H](C)O)cc1C(F)(F)F. The fourth-order valence-corrected chi connectivity index (χ4v) is 1.44. The molecule has 0 amide bonds. The molecule has 0 saturated heterocycles. The van der Waals surface area contributed by atoms with Crippen molar-refractivity contribution in [1.82, 2.24) is 0 Å². The summed E-state index contributed by atoms with van der Waals surface area (Å²) in [5.41, 5.74) is 0.0837. The van der Waals surface area contributed by atoms with Crippen LogP contribution in [-0.4, -0.2) is 11.2 Å². The zero-order valence-electron chi connectivity index (χ0n) is 8.60. The third-order valence-electron chi connectivity index (χ3n) is 2.14. The number of halogens is 3. The molecule has 0 saturated carbocycles. The minimum atomic E-state index is -4.32. The van der Waals surface area contributed by atoms with Crippen LogP contribution in [0.4, 0.5) is 13.2 Å². The van der Waals surface area contributed by atoms with Gasteiger partial charge < -0.3 is 5.11 Å². The lowest BCUT2D eigenvalue weighted by Crippen LogP contribution is -2.10. The fraction of sp³-hybridized carbons (Fsp3) is 0.455. The van der Waals surface area contributed by atoms with E-state index in [0.29, 0.717) is 5.56 Å². The summed E-state index contributed by atoms with van der Waals surface area (Å²) in [5.74, 6) is 0. The number of aryl methyl sites for hydroxylation is 1.